The molecule has 0 radical (unpaired) electrons. The lowest BCUT2D eigenvalue weighted by Gasteiger charge is -2.22. The molecule has 1 heterocycles. The molecule has 1 aliphatic heterocycles. The lowest BCUT2D eigenvalue weighted by molar-refractivity contribution is 0.171. The molecule has 0 unspecified atom stereocenters. The van der Waals surface area contributed by atoms with Gasteiger partial charge in [0.15, 0.2) is 11.5 Å². The van der Waals surface area contributed by atoms with Gasteiger partial charge in [-0.2, -0.15) is 0 Å². The third-order valence-electron chi connectivity index (χ3n) is 2.49. The van der Waals surface area contributed by atoms with E-state index in [4.69, 9.17) is 21.1 Å². The highest BCUT2D eigenvalue weighted by atomic mass is 35.5. The summed E-state index contributed by atoms with van der Waals surface area (Å²) in [5.74, 6) is 1.43. The van der Waals surface area contributed by atoms with Crippen LogP contribution in [0.25, 0.3) is 0 Å². The molecule has 0 fully saturated rings. The van der Waals surface area contributed by atoms with Crippen molar-refractivity contribution in [1.29, 1.82) is 0 Å². The Morgan fingerprint density at radius 1 is 1.40 bits per heavy atom. The van der Waals surface area contributed by atoms with Gasteiger partial charge in [0.2, 0.25) is 0 Å². The maximum absolute atomic E-state index is 6.22. The maximum Gasteiger partial charge on any atom is 0.180 e. The van der Waals surface area contributed by atoms with E-state index in [1.54, 1.807) is 0 Å². The molecule has 4 heteroatoms. The van der Waals surface area contributed by atoms with Gasteiger partial charge in [0, 0.05) is 6.54 Å². The molecule has 0 amide bonds. The molecule has 0 aliphatic carbocycles. The van der Waals surface area contributed by atoms with E-state index in [9.17, 15) is 0 Å². The van der Waals surface area contributed by atoms with E-state index in [0.29, 0.717) is 24.0 Å². The normalized spacial score (nSPS) is 14.1. The van der Waals surface area contributed by atoms with Crippen LogP contribution in [0.15, 0.2) is 6.07 Å². The standard InChI is InChI=1S/C11H14ClNO2/c1-7-8(6-13-2)5-9-11(10(7)12)15-4-3-14-9/h5,13H,3-4,6H2,1-2H3. The fraction of sp³-hybridized carbons (Fsp3) is 0.455. The molecular formula is C11H14ClNO2. The number of hydrogen-bond donors (Lipinski definition) is 1. The van der Waals surface area contributed by atoms with E-state index in [1.807, 2.05) is 20.0 Å². The van der Waals surface area contributed by atoms with E-state index < -0.39 is 0 Å². The van der Waals surface area contributed by atoms with Crippen LogP contribution in [0.2, 0.25) is 5.02 Å². The van der Waals surface area contributed by atoms with Crippen LogP contribution in [0, 0.1) is 6.92 Å². The Balaban J connectivity index is 2.47. The van der Waals surface area contributed by atoms with Crippen molar-refractivity contribution in [3.8, 4) is 11.5 Å². The summed E-state index contributed by atoms with van der Waals surface area (Å²) in [6, 6.07) is 1.99. The van der Waals surface area contributed by atoms with Gasteiger partial charge in [-0.1, -0.05) is 11.6 Å². The average molecular weight is 228 g/mol. The minimum atomic E-state index is 0.567. The zero-order valence-electron chi connectivity index (χ0n) is 8.89. The van der Waals surface area contributed by atoms with E-state index in [2.05, 4.69) is 5.32 Å². The van der Waals surface area contributed by atoms with E-state index in [1.165, 1.54) is 0 Å². The van der Waals surface area contributed by atoms with Gasteiger partial charge in [-0.25, -0.2) is 0 Å². The van der Waals surface area contributed by atoms with E-state index in [0.717, 1.165) is 23.4 Å². The Morgan fingerprint density at radius 2 is 2.13 bits per heavy atom. The van der Waals surface area contributed by atoms with Gasteiger partial charge in [-0.05, 0) is 31.2 Å². The van der Waals surface area contributed by atoms with Crippen molar-refractivity contribution in [2.24, 2.45) is 0 Å². The molecule has 1 aromatic rings. The van der Waals surface area contributed by atoms with Gasteiger partial charge in [0.25, 0.3) is 0 Å². The summed E-state index contributed by atoms with van der Waals surface area (Å²) < 4.78 is 11.0. The van der Waals surface area contributed by atoms with Crippen molar-refractivity contribution in [2.45, 2.75) is 13.5 Å². The molecule has 0 atom stereocenters. The predicted octanol–water partition coefficient (Wildman–Crippen LogP) is 2.14. The highest BCUT2D eigenvalue weighted by Gasteiger charge is 2.19. The number of ether oxygens (including phenoxy) is 2. The van der Waals surface area contributed by atoms with Crippen molar-refractivity contribution >= 4 is 11.6 Å². The third-order valence-corrected chi connectivity index (χ3v) is 2.95. The number of rotatable bonds is 2. The second kappa shape index (κ2) is 4.29. The minimum Gasteiger partial charge on any atom is -0.486 e. The van der Waals surface area contributed by atoms with Gasteiger partial charge >= 0.3 is 0 Å². The first kappa shape index (κ1) is 10.6. The topological polar surface area (TPSA) is 30.5 Å². The molecule has 3 nitrogen and oxygen atoms in total. The first-order valence-corrected chi connectivity index (χ1v) is 5.34. The van der Waals surface area contributed by atoms with Gasteiger partial charge in [0.05, 0.1) is 5.02 Å². The molecule has 15 heavy (non-hydrogen) atoms. The SMILES string of the molecule is CNCc1cc2c(c(Cl)c1C)OCCO2. The fourth-order valence-corrected chi connectivity index (χ4v) is 1.93. The summed E-state index contributed by atoms with van der Waals surface area (Å²) in [6.45, 7) is 3.93. The molecule has 1 aromatic carbocycles. The lowest BCUT2D eigenvalue weighted by atomic mass is 10.1. The first-order chi connectivity index (χ1) is 7.24. The van der Waals surface area contributed by atoms with E-state index >= 15 is 0 Å². The number of halogens is 1. The predicted molar refractivity (Wildman–Crippen MR) is 59.9 cm³/mol. The van der Waals surface area contributed by atoms with Crippen LogP contribution in [0.4, 0.5) is 0 Å². The van der Waals surface area contributed by atoms with Crippen molar-refractivity contribution in [1.82, 2.24) is 5.32 Å². The quantitative estimate of drug-likeness (QED) is 0.840. The summed E-state index contributed by atoms with van der Waals surface area (Å²) in [5.41, 5.74) is 2.20. The molecule has 0 saturated heterocycles. The lowest BCUT2D eigenvalue weighted by Crippen LogP contribution is -2.17. The van der Waals surface area contributed by atoms with Crippen LogP contribution in [0.1, 0.15) is 11.1 Å². The summed E-state index contributed by atoms with van der Waals surface area (Å²) in [4.78, 5) is 0. The molecule has 2 rings (SSSR count). The Morgan fingerprint density at radius 3 is 2.87 bits per heavy atom. The molecule has 0 bridgehead atoms. The summed E-state index contributed by atoms with van der Waals surface area (Å²) in [7, 11) is 1.91. The zero-order valence-corrected chi connectivity index (χ0v) is 9.65. The maximum atomic E-state index is 6.22. The first-order valence-electron chi connectivity index (χ1n) is 4.96. The Hall–Kier alpha value is -0.930. The van der Waals surface area contributed by atoms with Gasteiger partial charge < -0.3 is 14.8 Å². The highest BCUT2D eigenvalue weighted by molar-refractivity contribution is 6.33. The van der Waals surface area contributed by atoms with Crippen molar-refractivity contribution < 1.29 is 9.47 Å². The summed E-state index contributed by atoms with van der Waals surface area (Å²) in [5, 5.41) is 3.77. The Kier molecular flexibility index (Phi) is 3.03. The average Bonchev–Trinajstić information content (AvgIpc) is 2.26. The van der Waals surface area contributed by atoms with Crippen LogP contribution < -0.4 is 14.8 Å². The van der Waals surface area contributed by atoms with Gasteiger partial charge in [-0.15, -0.1) is 0 Å². The highest BCUT2D eigenvalue weighted by Crippen LogP contribution is 2.40. The largest absolute Gasteiger partial charge is 0.486 e. The molecule has 1 N–H and O–H groups in total. The molecule has 1 aliphatic rings. The fourth-order valence-electron chi connectivity index (χ4n) is 1.66. The monoisotopic (exact) mass is 227 g/mol. The zero-order chi connectivity index (χ0) is 10.8. The Labute approximate surface area is 94.3 Å². The molecule has 0 saturated carbocycles. The van der Waals surface area contributed by atoms with Crippen molar-refractivity contribution in [3.63, 3.8) is 0 Å². The second-order valence-corrected chi connectivity index (χ2v) is 3.91. The molecule has 0 aromatic heterocycles. The summed E-state index contributed by atoms with van der Waals surface area (Å²) >= 11 is 6.22. The number of fused-ring (bicyclic) bond motifs is 1. The smallest absolute Gasteiger partial charge is 0.180 e. The van der Waals surface area contributed by atoms with Gasteiger partial charge in [-0.3, -0.25) is 0 Å². The van der Waals surface area contributed by atoms with Crippen LogP contribution in [0.3, 0.4) is 0 Å². The van der Waals surface area contributed by atoms with Crippen LogP contribution in [0.5, 0.6) is 11.5 Å². The molecule has 0 spiro atoms. The van der Waals surface area contributed by atoms with Crippen LogP contribution in [-0.4, -0.2) is 20.3 Å². The summed E-state index contributed by atoms with van der Waals surface area (Å²) in [6.07, 6.45) is 0. The molecular weight excluding hydrogens is 214 g/mol. The van der Waals surface area contributed by atoms with Crippen LogP contribution >= 0.6 is 11.6 Å². The van der Waals surface area contributed by atoms with E-state index in [-0.39, 0.29) is 0 Å². The third kappa shape index (κ3) is 1.90. The molecule has 82 valence electrons. The van der Waals surface area contributed by atoms with Crippen molar-refractivity contribution in [2.75, 3.05) is 20.3 Å². The Bertz CT molecular complexity index is 379. The second-order valence-electron chi connectivity index (χ2n) is 3.53. The number of nitrogens with one attached hydrogen (secondary N) is 1. The van der Waals surface area contributed by atoms with Crippen molar-refractivity contribution in [3.05, 3.63) is 22.2 Å². The number of benzene rings is 1. The minimum absolute atomic E-state index is 0.567. The number of hydrogen-bond acceptors (Lipinski definition) is 3. The van der Waals surface area contributed by atoms with Crippen LogP contribution in [-0.2, 0) is 6.54 Å². The van der Waals surface area contributed by atoms with Gasteiger partial charge in [0.1, 0.15) is 13.2 Å².